The Morgan fingerprint density at radius 2 is 1.18 bits per heavy atom. The molecule has 0 N–H and O–H groups in total. The van der Waals surface area contributed by atoms with E-state index >= 15 is 0 Å². The Bertz CT molecular complexity index is 168. The van der Waals surface area contributed by atoms with E-state index in [1.165, 1.54) is 13.0 Å². The molecule has 1 nitrogen and oxygen atoms in total. The molecule has 1 fully saturated rings. The zero-order chi connectivity index (χ0) is 10.9. The van der Waals surface area contributed by atoms with E-state index in [0.29, 0.717) is 0 Å². The van der Waals surface area contributed by atoms with Gasteiger partial charge in [-0.25, -0.2) is 0 Å². The molecule has 0 bridgehead atoms. The molecule has 1 rings (SSSR count). The molecule has 0 amide bonds. The van der Waals surface area contributed by atoms with Gasteiger partial charge in [-0.15, -0.1) is 0 Å². The van der Waals surface area contributed by atoms with Gasteiger partial charge in [0.1, 0.15) is 0 Å². The fraction of sp³-hybridized carbons (Fsp3) is 0.933. The van der Waals surface area contributed by atoms with E-state index < -0.39 is 0 Å². The van der Waals surface area contributed by atoms with Gasteiger partial charge in [-0.2, -0.15) is 0 Å². The van der Waals surface area contributed by atoms with Crippen molar-refractivity contribution in [3.05, 3.63) is 7.43 Å². The summed E-state index contributed by atoms with van der Waals surface area (Å²) in [7, 11) is 4.36. The van der Waals surface area contributed by atoms with Crippen molar-refractivity contribution in [1.82, 2.24) is 4.90 Å². The Hall–Kier alpha value is 0.557. The van der Waals surface area contributed by atoms with Gasteiger partial charge in [0.15, 0.2) is 0 Å². The van der Waals surface area contributed by atoms with Crippen LogP contribution < -0.4 is 18.9 Å². The molecule has 0 aromatic heterocycles. The molecule has 0 saturated heterocycles. The second-order valence-electron chi connectivity index (χ2n) is 5.69. The third kappa shape index (κ3) is 5.37. The summed E-state index contributed by atoms with van der Waals surface area (Å²) in [6, 6.07) is 0. The molecule has 4 atom stereocenters. The summed E-state index contributed by atoms with van der Waals surface area (Å²) < 4.78 is 0. The van der Waals surface area contributed by atoms with E-state index in [1.807, 2.05) is 0 Å². The number of rotatable bonds is 3. The van der Waals surface area contributed by atoms with Crippen molar-refractivity contribution in [2.24, 2.45) is 29.6 Å². The van der Waals surface area contributed by atoms with Gasteiger partial charge in [0, 0.05) is 0 Å². The first kappa shape index (κ1) is 22.7. The molecular formula is C15H34LiN. The molecule has 4 unspecified atom stereocenters. The third-order valence-electron chi connectivity index (χ3n) is 4.75. The zero-order valence-corrected chi connectivity index (χ0v) is 12.7. The summed E-state index contributed by atoms with van der Waals surface area (Å²) in [5.74, 6) is 4.61. The quantitative estimate of drug-likeness (QED) is 0.525. The molecule has 100 valence electrons. The maximum Gasteiger partial charge on any atom is 1.00 e. The summed E-state index contributed by atoms with van der Waals surface area (Å²) in [4.78, 5) is 2.31. The summed E-state index contributed by atoms with van der Waals surface area (Å²) in [6.45, 7) is 11.0. The largest absolute Gasteiger partial charge is 1.00 e. The molecule has 17 heavy (non-hydrogen) atoms. The van der Waals surface area contributed by atoms with Crippen molar-refractivity contribution in [2.75, 3.05) is 20.6 Å². The van der Waals surface area contributed by atoms with E-state index in [4.69, 9.17) is 0 Å². The van der Waals surface area contributed by atoms with Crippen LogP contribution in [0.1, 0.15) is 41.5 Å². The fourth-order valence-electron chi connectivity index (χ4n) is 3.15. The minimum atomic E-state index is 0. The van der Waals surface area contributed by atoms with Gasteiger partial charge in [-0.3, -0.25) is 0 Å². The Balaban J connectivity index is -0.000000653. The Morgan fingerprint density at radius 3 is 1.47 bits per heavy atom. The van der Waals surface area contributed by atoms with Crippen LogP contribution in [0.4, 0.5) is 0 Å². The topological polar surface area (TPSA) is 3.24 Å². The number of hydrogen-bond acceptors (Lipinski definition) is 1. The average Bonchev–Trinajstić information content (AvgIpc) is 2.29. The second-order valence-corrected chi connectivity index (χ2v) is 5.69. The Kier molecular flexibility index (Phi) is 12.7. The van der Waals surface area contributed by atoms with Crippen molar-refractivity contribution in [3.63, 3.8) is 0 Å². The molecule has 0 spiro atoms. The van der Waals surface area contributed by atoms with Gasteiger partial charge < -0.3 is 12.3 Å². The summed E-state index contributed by atoms with van der Waals surface area (Å²) in [5.41, 5.74) is 0. The predicted molar refractivity (Wildman–Crippen MR) is 76.5 cm³/mol. The summed E-state index contributed by atoms with van der Waals surface area (Å²) in [6.07, 6.45) is 1.38. The summed E-state index contributed by atoms with van der Waals surface area (Å²) >= 11 is 0. The molecule has 0 radical (unpaired) electrons. The molecule has 0 heterocycles. The molecule has 1 aliphatic rings. The number of hydrogen-bond donors (Lipinski definition) is 0. The van der Waals surface area contributed by atoms with Crippen molar-refractivity contribution in [2.45, 2.75) is 41.5 Å². The van der Waals surface area contributed by atoms with Gasteiger partial charge in [0.2, 0.25) is 0 Å². The Labute approximate surface area is 123 Å². The maximum atomic E-state index is 2.45. The van der Waals surface area contributed by atoms with Gasteiger partial charge in [-0.05, 0) is 56.7 Å². The monoisotopic (exact) mass is 235 g/mol. The van der Waals surface area contributed by atoms with Crippen LogP contribution in [-0.4, -0.2) is 25.5 Å². The number of nitrogens with zero attached hydrogens (tertiary/aromatic N) is 1. The van der Waals surface area contributed by atoms with E-state index in [1.54, 1.807) is 0 Å². The minimum Gasteiger partial charge on any atom is -0.358 e. The second kappa shape index (κ2) is 9.48. The van der Waals surface area contributed by atoms with Crippen LogP contribution in [0.15, 0.2) is 0 Å². The molecular weight excluding hydrogens is 201 g/mol. The SMILES string of the molecule is C.CC1C(C)C(C)C(CCN(C)C)C1C.[CH3-].[Li+]. The molecule has 0 aliphatic heterocycles. The predicted octanol–water partition coefficient (Wildman–Crippen LogP) is 1.20. The molecule has 1 saturated carbocycles. The first-order valence-corrected chi connectivity index (χ1v) is 6.09. The normalized spacial score (nSPS) is 35.8. The van der Waals surface area contributed by atoms with Crippen molar-refractivity contribution < 1.29 is 18.9 Å². The average molecular weight is 235 g/mol. The molecule has 1 aliphatic carbocycles. The van der Waals surface area contributed by atoms with Crippen molar-refractivity contribution in [3.8, 4) is 0 Å². The molecule has 0 aromatic rings. The van der Waals surface area contributed by atoms with Crippen LogP contribution >= 0.6 is 0 Å². The Morgan fingerprint density at radius 1 is 0.824 bits per heavy atom. The molecule has 0 aromatic carbocycles. The molecule has 2 heteroatoms. The van der Waals surface area contributed by atoms with Crippen LogP contribution in [0, 0.1) is 37.0 Å². The van der Waals surface area contributed by atoms with Crippen LogP contribution in [-0.2, 0) is 0 Å². The van der Waals surface area contributed by atoms with Crippen LogP contribution in [0.3, 0.4) is 0 Å². The van der Waals surface area contributed by atoms with Crippen LogP contribution in [0.5, 0.6) is 0 Å². The van der Waals surface area contributed by atoms with Crippen molar-refractivity contribution >= 4 is 0 Å². The third-order valence-corrected chi connectivity index (χ3v) is 4.75. The van der Waals surface area contributed by atoms with Gasteiger partial charge in [0.25, 0.3) is 0 Å². The fourth-order valence-corrected chi connectivity index (χ4v) is 3.15. The van der Waals surface area contributed by atoms with E-state index in [0.717, 1.165) is 29.6 Å². The van der Waals surface area contributed by atoms with Gasteiger partial charge in [0.05, 0.1) is 0 Å². The van der Waals surface area contributed by atoms with E-state index in [2.05, 4.69) is 46.7 Å². The summed E-state index contributed by atoms with van der Waals surface area (Å²) in [5, 5.41) is 0. The van der Waals surface area contributed by atoms with E-state index in [9.17, 15) is 0 Å². The van der Waals surface area contributed by atoms with Gasteiger partial charge >= 0.3 is 18.9 Å². The standard InChI is InChI=1S/C13H27N.CH4.CH3.Li/c1-9-10(2)12(4)13(11(9)3)7-8-14(5)6;;;/h9-13H,7-8H2,1-6H3;1H4;1H3;/q;;-1;+1. The first-order valence-electron chi connectivity index (χ1n) is 6.09. The maximum absolute atomic E-state index is 2.45. The van der Waals surface area contributed by atoms with E-state index in [-0.39, 0.29) is 33.7 Å². The zero-order valence-electron chi connectivity index (χ0n) is 12.7. The van der Waals surface area contributed by atoms with Crippen LogP contribution in [0.25, 0.3) is 0 Å². The van der Waals surface area contributed by atoms with Gasteiger partial charge in [-0.1, -0.05) is 35.1 Å². The van der Waals surface area contributed by atoms with Crippen LogP contribution in [0.2, 0.25) is 0 Å². The van der Waals surface area contributed by atoms with Crippen molar-refractivity contribution in [1.29, 1.82) is 0 Å². The minimum absolute atomic E-state index is 0. The first-order chi connectivity index (χ1) is 6.45. The smallest absolute Gasteiger partial charge is 0.358 e.